The fourth-order valence-corrected chi connectivity index (χ4v) is 5.08. The number of likely N-dealkylation sites (tertiary alicyclic amines) is 1. The number of carbonyl (C=O) groups is 2. The maximum absolute atomic E-state index is 13.6. The largest absolute Gasteiger partial charge is 0.494 e. The quantitative estimate of drug-likeness (QED) is 0.549. The fraction of sp³-hybridized carbons (Fsp3) is 0.607. The molecule has 0 aromatic heterocycles. The van der Waals surface area contributed by atoms with E-state index in [1.165, 1.54) is 14.2 Å². The first kappa shape index (κ1) is 28.3. The molecule has 0 aliphatic carbocycles. The number of nitrogens with one attached hydrogen (secondary N) is 1. The number of allylic oxidation sites excluding steroid dienone is 1. The van der Waals surface area contributed by atoms with Crippen LogP contribution in [0.5, 0.6) is 0 Å². The Balaban J connectivity index is 1.44. The molecule has 4 rings (SSSR count). The van der Waals surface area contributed by atoms with E-state index in [0.717, 1.165) is 41.6 Å². The van der Waals surface area contributed by atoms with Gasteiger partial charge in [0.1, 0.15) is 6.04 Å². The SMILES string of the molecule is COC(=O)N[C@H](C(=O)N1CCCC[C@H]1C1=NC=C(c2ccc(B3OC(C)(C)C(C)(C)O3)cc2)C1)[C@@H](C)OC. The van der Waals surface area contributed by atoms with Crippen molar-refractivity contribution in [2.45, 2.75) is 89.7 Å². The van der Waals surface area contributed by atoms with Gasteiger partial charge in [-0.05, 0) is 70.5 Å². The average Bonchev–Trinajstić information content (AvgIpc) is 3.48. The second-order valence-corrected chi connectivity index (χ2v) is 11.3. The minimum atomic E-state index is -0.843. The number of benzene rings is 1. The molecular formula is C28H40BN3O6. The Hall–Kier alpha value is -2.69. The molecular weight excluding hydrogens is 485 g/mol. The van der Waals surface area contributed by atoms with Crippen LogP contribution in [0.25, 0.3) is 5.57 Å². The fourth-order valence-electron chi connectivity index (χ4n) is 5.08. The molecule has 1 aromatic rings. The summed E-state index contributed by atoms with van der Waals surface area (Å²) in [7, 11) is 2.40. The van der Waals surface area contributed by atoms with Crippen molar-refractivity contribution in [2.75, 3.05) is 20.8 Å². The highest BCUT2D eigenvalue weighted by Crippen LogP contribution is 2.36. The van der Waals surface area contributed by atoms with Crippen LogP contribution in [-0.4, -0.2) is 79.9 Å². The smallest absolute Gasteiger partial charge is 0.453 e. The highest BCUT2D eigenvalue weighted by molar-refractivity contribution is 6.62. The van der Waals surface area contributed by atoms with E-state index in [9.17, 15) is 9.59 Å². The number of ether oxygens (including phenoxy) is 2. The Kier molecular flexibility index (Phi) is 8.35. The molecule has 0 saturated carbocycles. The lowest BCUT2D eigenvalue weighted by Gasteiger charge is -2.39. The number of amides is 2. The topological polar surface area (TPSA) is 98.7 Å². The number of carbonyl (C=O) groups excluding carboxylic acids is 2. The lowest BCUT2D eigenvalue weighted by Crippen LogP contribution is -2.58. The van der Waals surface area contributed by atoms with Crippen molar-refractivity contribution in [3.63, 3.8) is 0 Å². The number of nitrogens with zero attached hydrogens (tertiary/aromatic N) is 2. The van der Waals surface area contributed by atoms with Gasteiger partial charge in [0.05, 0.1) is 30.5 Å². The summed E-state index contributed by atoms with van der Waals surface area (Å²) in [5.41, 5.74) is 3.35. The van der Waals surface area contributed by atoms with Crippen LogP contribution in [0.4, 0.5) is 4.79 Å². The van der Waals surface area contributed by atoms with E-state index in [0.29, 0.717) is 13.0 Å². The van der Waals surface area contributed by atoms with Crippen molar-refractivity contribution in [1.29, 1.82) is 0 Å². The number of rotatable bonds is 7. The zero-order chi connectivity index (χ0) is 27.7. The van der Waals surface area contributed by atoms with Crippen molar-refractivity contribution in [3.05, 3.63) is 36.0 Å². The number of hydrogen-bond donors (Lipinski definition) is 1. The average molecular weight is 525 g/mol. The van der Waals surface area contributed by atoms with E-state index in [2.05, 4.69) is 17.4 Å². The highest BCUT2D eigenvalue weighted by Gasteiger charge is 2.51. The van der Waals surface area contributed by atoms with Gasteiger partial charge in [-0.1, -0.05) is 24.3 Å². The van der Waals surface area contributed by atoms with Gasteiger partial charge in [0, 0.05) is 32.0 Å². The second kappa shape index (κ2) is 11.2. The van der Waals surface area contributed by atoms with Gasteiger partial charge in [-0.2, -0.15) is 0 Å². The lowest BCUT2D eigenvalue weighted by atomic mass is 9.78. The monoisotopic (exact) mass is 525 g/mol. The standard InChI is InChI=1S/C28H40BN3O6/c1-18(35-6)24(31-26(34)36-7)25(33)32-15-9-8-10-23(32)22-16-20(17-30-22)19-11-13-21(14-12-19)29-37-27(2,3)28(4,5)38-29/h11-14,17-18,23-24H,8-10,15-16H2,1-7H3,(H,31,34)/t18-,23+,24+/m1/s1. The highest BCUT2D eigenvalue weighted by atomic mass is 16.7. The molecule has 38 heavy (non-hydrogen) atoms. The Labute approximate surface area is 226 Å². The third-order valence-electron chi connectivity index (χ3n) is 8.30. The zero-order valence-corrected chi connectivity index (χ0v) is 23.6. The van der Waals surface area contributed by atoms with Crippen molar-refractivity contribution < 1.29 is 28.4 Å². The maximum Gasteiger partial charge on any atom is 0.494 e. The lowest BCUT2D eigenvalue weighted by molar-refractivity contribution is -0.138. The summed E-state index contributed by atoms with van der Waals surface area (Å²) in [6.45, 7) is 10.6. The predicted molar refractivity (Wildman–Crippen MR) is 147 cm³/mol. The molecule has 2 amide bonds. The molecule has 10 heteroatoms. The number of hydrogen-bond acceptors (Lipinski definition) is 7. The number of alkyl carbamates (subject to hydrolysis) is 1. The van der Waals surface area contributed by atoms with Crippen LogP contribution in [0.15, 0.2) is 35.5 Å². The molecule has 3 aliphatic rings. The van der Waals surface area contributed by atoms with Gasteiger partial charge in [-0.3, -0.25) is 9.79 Å². The Morgan fingerprint density at radius 1 is 1.11 bits per heavy atom. The van der Waals surface area contributed by atoms with Gasteiger partial charge < -0.3 is 29.0 Å². The van der Waals surface area contributed by atoms with Crippen LogP contribution in [0.1, 0.15) is 65.9 Å². The van der Waals surface area contributed by atoms with Crippen molar-refractivity contribution >= 4 is 35.9 Å². The second-order valence-electron chi connectivity index (χ2n) is 11.3. The van der Waals surface area contributed by atoms with Gasteiger partial charge in [-0.15, -0.1) is 0 Å². The number of aliphatic imine (C=N–C) groups is 1. The first-order chi connectivity index (χ1) is 18.0. The molecule has 1 aromatic carbocycles. The molecule has 206 valence electrons. The minimum absolute atomic E-state index is 0.125. The van der Waals surface area contributed by atoms with Crippen molar-refractivity contribution in [3.8, 4) is 0 Å². The summed E-state index contributed by atoms with van der Waals surface area (Å²) >= 11 is 0. The van der Waals surface area contributed by atoms with Gasteiger partial charge in [-0.25, -0.2) is 4.79 Å². The van der Waals surface area contributed by atoms with E-state index in [1.54, 1.807) is 6.92 Å². The molecule has 2 saturated heterocycles. The summed E-state index contributed by atoms with van der Waals surface area (Å²) in [6.07, 6.45) is 4.15. The molecule has 0 radical (unpaired) electrons. The van der Waals surface area contributed by atoms with E-state index >= 15 is 0 Å². The van der Waals surface area contributed by atoms with Crippen LogP contribution in [-0.2, 0) is 23.6 Å². The first-order valence-electron chi connectivity index (χ1n) is 13.4. The summed E-state index contributed by atoms with van der Waals surface area (Å²) in [4.78, 5) is 32.1. The summed E-state index contributed by atoms with van der Waals surface area (Å²) in [6, 6.07) is 7.27. The number of piperidine rings is 1. The van der Waals surface area contributed by atoms with Crippen LogP contribution in [0.2, 0.25) is 0 Å². The predicted octanol–water partition coefficient (Wildman–Crippen LogP) is 3.31. The van der Waals surface area contributed by atoms with Crippen LogP contribution >= 0.6 is 0 Å². The molecule has 0 spiro atoms. The van der Waals surface area contributed by atoms with Gasteiger partial charge in [0.2, 0.25) is 5.91 Å². The number of methoxy groups -OCH3 is 2. The Morgan fingerprint density at radius 3 is 2.37 bits per heavy atom. The first-order valence-corrected chi connectivity index (χ1v) is 13.4. The zero-order valence-electron chi connectivity index (χ0n) is 23.6. The van der Waals surface area contributed by atoms with E-state index in [1.807, 2.05) is 50.9 Å². The minimum Gasteiger partial charge on any atom is -0.453 e. The molecule has 1 N–H and O–H groups in total. The molecule has 0 bridgehead atoms. The molecule has 0 unspecified atom stereocenters. The third kappa shape index (κ3) is 5.67. The molecule has 9 nitrogen and oxygen atoms in total. The van der Waals surface area contributed by atoms with E-state index < -0.39 is 25.4 Å². The summed E-state index contributed by atoms with van der Waals surface area (Å²) in [5.74, 6) is -0.183. The Morgan fingerprint density at radius 2 is 1.76 bits per heavy atom. The summed E-state index contributed by atoms with van der Waals surface area (Å²) in [5, 5.41) is 2.65. The molecule has 2 fully saturated rings. The van der Waals surface area contributed by atoms with E-state index in [-0.39, 0.29) is 23.2 Å². The van der Waals surface area contributed by atoms with Gasteiger partial charge >= 0.3 is 13.2 Å². The molecule has 3 atom stereocenters. The van der Waals surface area contributed by atoms with Crippen LogP contribution in [0.3, 0.4) is 0 Å². The van der Waals surface area contributed by atoms with Gasteiger partial charge in [0.15, 0.2) is 0 Å². The van der Waals surface area contributed by atoms with Crippen molar-refractivity contribution in [2.24, 2.45) is 4.99 Å². The van der Waals surface area contributed by atoms with Crippen LogP contribution in [0, 0.1) is 0 Å². The summed E-state index contributed by atoms with van der Waals surface area (Å²) < 4.78 is 22.5. The molecule has 3 heterocycles. The third-order valence-corrected chi connectivity index (χ3v) is 8.30. The Bertz CT molecular complexity index is 1080. The van der Waals surface area contributed by atoms with Crippen LogP contribution < -0.4 is 10.8 Å². The van der Waals surface area contributed by atoms with E-state index in [4.69, 9.17) is 23.8 Å². The molecule has 3 aliphatic heterocycles. The maximum atomic E-state index is 13.6. The van der Waals surface area contributed by atoms with Gasteiger partial charge in [0.25, 0.3) is 0 Å². The normalized spacial score (nSPS) is 23.9. The van der Waals surface area contributed by atoms with Crippen molar-refractivity contribution in [1.82, 2.24) is 10.2 Å².